The summed E-state index contributed by atoms with van der Waals surface area (Å²) in [6.45, 7) is 1.67. The lowest BCUT2D eigenvalue weighted by atomic mass is 10.1. The Bertz CT molecular complexity index is 1560. The van der Waals surface area contributed by atoms with Crippen molar-refractivity contribution in [2.75, 3.05) is 0 Å². The Morgan fingerprint density at radius 1 is 0.471 bits per heavy atom. The van der Waals surface area contributed by atoms with Crippen molar-refractivity contribution >= 4 is 43.6 Å². The second-order valence-electron chi connectivity index (χ2n) is 8.91. The standard InChI is InChI=1S/C32H22N2/c1-5-13-29-25(9-1)26-10-2-6-14-30(26)33(29)21-23-17-19-24(20-18-23)22-34-31-15-7-3-11-27(31)28-12-4-8-16-32(28)34/h1-7,9-15,17-20H,21-22H2. The predicted molar refractivity (Wildman–Crippen MR) is 141 cm³/mol. The van der Waals surface area contributed by atoms with Crippen LogP contribution in [0.2, 0.25) is 0 Å². The van der Waals surface area contributed by atoms with Crippen molar-refractivity contribution in [2.45, 2.75) is 13.1 Å². The molecule has 2 aromatic heterocycles. The Morgan fingerprint density at radius 2 is 0.941 bits per heavy atom. The van der Waals surface area contributed by atoms with Gasteiger partial charge in [-0.2, -0.15) is 0 Å². The first-order valence-electron chi connectivity index (χ1n) is 11.7. The molecule has 2 nitrogen and oxygen atoms in total. The summed E-state index contributed by atoms with van der Waals surface area (Å²) in [4.78, 5) is 0. The monoisotopic (exact) mass is 434 g/mol. The van der Waals surface area contributed by atoms with E-state index >= 15 is 0 Å². The lowest BCUT2D eigenvalue weighted by Gasteiger charge is -2.10. The van der Waals surface area contributed by atoms with Crippen LogP contribution in [0.25, 0.3) is 43.6 Å². The molecule has 0 aliphatic rings. The van der Waals surface area contributed by atoms with E-state index in [1.807, 2.05) is 6.07 Å². The first kappa shape index (κ1) is 19.0. The number of aromatic nitrogens is 2. The van der Waals surface area contributed by atoms with Crippen LogP contribution >= 0.6 is 0 Å². The Morgan fingerprint density at radius 3 is 1.53 bits per heavy atom. The van der Waals surface area contributed by atoms with E-state index in [9.17, 15) is 0 Å². The minimum Gasteiger partial charge on any atom is -0.336 e. The van der Waals surface area contributed by atoms with Crippen LogP contribution in [0.5, 0.6) is 0 Å². The molecule has 0 fully saturated rings. The van der Waals surface area contributed by atoms with Gasteiger partial charge in [0.25, 0.3) is 0 Å². The number of nitrogens with zero attached hydrogens (tertiary/aromatic N) is 2. The smallest absolute Gasteiger partial charge is 0.101 e. The van der Waals surface area contributed by atoms with Crippen molar-refractivity contribution < 1.29 is 0 Å². The Balaban J connectivity index is 1.25. The van der Waals surface area contributed by atoms with E-state index in [1.165, 1.54) is 49.2 Å². The molecule has 5 aromatic carbocycles. The van der Waals surface area contributed by atoms with Gasteiger partial charge in [0.15, 0.2) is 0 Å². The lowest BCUT2D eigenvalue weighted by molar-refractivity contribution is 0.853. The molecule has 0 bridgehead atoms. The summed E-state index contributed by atoms with van der Waals surface area (Å²) in [5, 5.41) is 5.13. The summed E-state index contributed by atoms with van der Waals surface area (Å²) in [6.07, 6.45) is 0. The van der Waals surface area contributed by atoms with Crippen molar-refractivity contribution in [3.63, 3.8) is 0 Å². The van der Waals surface area contributed by atoms with Crippen molar-refractivity contribution in [3.8, 4) is 0 Å². The molecular weight excluding hydrogens is 412 g/mol. The molecule has 0 spiro atoms. The molecule has 0 unspecified atom stereocenters. The van der Waals surface area contributed by atoms with Crippen molar-refractivity contribution in [2.24, 2.45) is 0 Å². The van der Waals surface area contributed by atoms with Crippen LogP contribution in [-0.2, 0) is 13.1 Å². The number of hydrogen-bond donors (Lipinski definition) is 0. The van der Waals surface area contributed by atoms with Gasteiger partial charge < -0.3 is 9.13 Å². The summed E-state index contributed by atoms with van der Waals surface area (Å²) in [5.41, 5.74) is 7.50. The molecule has 0 amide bonds. The molecular formula is C32H22N2. The van der Waals surface area contributed by atoms with E-state index in [0.717, 1.165) is 18.6 Å². The summed E-state index contributed by atoms with van der Waals surface area (Å²) in [7, 11) is 0. The molecule has 7 rings (SSSR count). The maximum absolute atomic E-state index is 3.34. The molecule has 2 heteroatoms. The Hall–Kier alpha value is -4.48. The SMILES string of the molecule is c1ccc2c3ccccc3n(Cc3ccc(Cn4c5ccccc5c5ccccc54)cc3)c2c#1. The summed E-state index contributed by atoms with van der Waals surface area (Å²) >= 11 is 0. The highest BCUT2D eigenvalue weighted by atomic mass is 15.0. The molecule has 0 saturated carbocycles. The average molecular weight is 435 g/mol. The van der Waals surface area contributed by atoms with E-state index in [4.69, 9.17) is 0 Å². The molecule has 2 heterocycles. The lowest BCUT2D eigenvalue weighted by Crippen LogP contribution is -2.01. The van der Waals surface area contributed by atoms with E-state index < -0.39 is 0 Å². The fourth-order valence-corrected chi connectivity index (χ4v) is 5.32. The molecule has 34 heavy (non-hydrogen) atoms. The minimum atomic E-state index is 0.814. The Labute approximate surface area is 198 Å². The molecule has 0 atom stereocenters. The normalized spacial score (nSPS) is 11.5. The minimum absolute atomic E-state index is 0.814. The van der Waals surface area contributed by atoms with Crippen LogP contribution in [-0.4, -0.2) is 9.13 Å². The van der Waals surface area contributed by atoms with Gasteiger partial charge in [0.1, 0.15) is 5.52 Å². The highest BCUT2D eigenvalue weighted by Crippen LogP contribution is 2.30. The fourth-order valence-electron chi connectivity index (χ4n) is 5.32. The van der Waals surface area contributed by atoms with Crippen LogP contribution in [0.1, 0.15) is 11.1 Å². The number of fused-ring (bicyclic) bond motifs is 6. The molecule has 0 aliphatic carbocycles. The largest absolute Gasteiger partial charge is 0.336 e. The zero-order chi connectivity index (χ0) is 22.5. The first-order valence-corrected chi connectivity index (χ1v) is 11.7. The zero-order valence-corrected chi connectivity index (χ0v) is 18.7. The van der Waals surface area contributed by atoms with Gasteiger partial charge in [-0.25, -0.2) is 0 Å². The van der Waals surface area contributed by atoms with Crippen LogP contribution in [0, 0.1) is 12.1 Å². The van der Waals surface area contributed by atoms with Gasteiger partial charge in [-0.1, -0.05) is 84.9 Å². The third-order valence-corrected chi connectivity index (χ3v) is 6.92. The quantitative estimate of drug-likeness (QED) is 0.270. The van der Waals surface area contributed by atoms with E-state index in [-0.39, 0.29) is 0 Å². The van der Waals surface area contributed by atoms with Crippen molar-refractivity contribution in [1.29, 1.82) is 0 Å². The topological polar surface area (TPSA) is 9.86 Å². The van der Waals surface area contributed by atoms with E-state index in [0.29, 0.717) is 0 Å². The number of rotatable bonds is 4. The van der Waals surface area contributed by atoms with Crippen LogP contribution in [0.4, 0.5) is 0 Å². The maximum atomic E-state index is 3.34. The van der Waals surface area contributed by atoms with Crippen LogP contribution in [0.3, 0.4) is 0 Å². The van der Waals surface area contributed by atoms with Gasteiger partial charge in [-0.3, -0.25) is 0 Å². The van der Waals surface area contributed by atoms with E-state index in [1.54, 1.807) is 0 Å². The van der Waals surface area contributed by atoms with Gasteiger partial charge in [-0.15, -0.1) is 0 Å². The van der Waals surface area contributed by atoms with Gasteiger partial charge in [0.2, 0.25) is 0 Å². The van der Waals surface area contributed by atoms with E-state index in [2.05, 4.69) is 124 Å². The predicted octanol–water partition coefficient (Wildman–Crippen LogP) is 7.60. The second-order valence-corrected chi connectivity index (χ2v) is 8.91. The molecule has 0 aliphatic heterocycles. The zero-order valence-electron chi connectivity index (χ0n) is 18.7. The number of para-hydroxylation sites is 3. The third kappa shape index (κ3) is 2.91. The van der Waals surface area contributed by atoms with Crippen molar-refractivity contribution in [3.05, 3.63) is 132 Å². The van der Waals surface area contributed by atoms with Gasteiger partial charge in [0, 0.05) is 51.2 Å². The number of hydrogen-bond acceptors (Lipinski definition) is 0. The van der Waals surface area contributed by atoms with Gasteiger partial charge in [0.05, 0.1) is 0 Å². The summed E-state index contributed by atoms with van der Waals surface area (Å²) in [5.74, 6) is 0. The molecule has 0 radical (unpaired) electrons. The number of benzene rings is 4. The van der Waals surface area contributed by atoms with Gasteiger partial charge >= 0.3 is 0 Å². The summed E-state index contributed by atoms with van der Waals surface area (Å²) < 4.78 is 4.78. The highest BCUT2D eigenvalue weighted by molar-refractivity contribution is 6.08. The van der Waals surface area contributed by atoms with Crippen LogP contribution < -0.4 is 0 Å². The molecule has 0 saturated heterocycles. The summed E-state index contributed by atoms with van der Waals surface area (Å²) in [6, 6.07) is 45.6. The average Bonchev–Trinajstić information content (AvgIpc) is 3.39. The fraction of sp³-hybridized carbons (Fsp3) is 0.0625. The van der Waals surface area contributed by atoms with Crippen molar-refractivity contribution in [1.82, 2.24) is 9.13 Å². The third-order valence-electron chi connectivity index (χ3n) is 6.92. The van der Waals surface area contributed by atoms with Gasteiger partial charge in [-0.05, 0) is 47.5 Å². The van der Waals surface area contributed by atoms with Crippen LogP contribution in [0.15, 0.2) is 109 Å². The maximum Gasteiger partial charge on any atom is 0.101 e. The molecule has 7 aromatic rings. The first-order chi connectivity index (χ1) is 16.9. The molecule has 0 N–H and O–H groups in total. The Kier molecular flexibility index (Phi) is 4.22. The highest BCUT2D eigenvalue weighted by Gasteiger charge is 2.12. The molecule has 160 valence electrons. The second kappa shape index (κ2) is 7.54.